The molecule has 2 aromatic carbocycles. The largest absolute Gasteiger partial charge is 0.311 e. The number of non-ortho nitro benzene ring substituents is 1. The first-order chi connectivity index (χ1) is 9.50. The highest BCUT2D eigenvalue weighted by Crippen LogP contribution is 2.21. The zero-order valence-corrected chi connectivity index (χ0v) is 11.2. The normalized spacial score (nSPS) is 10.1. The summed E-state index contributed by atoms with van der Waals surface area (Å²) in [4.78, 5) is 24.0. The van der Waals surface area contributed by atoms with Gasteiger partial charge < -0.3 is 4.90 Å². The van der Waals surface area contributed by atoms with E-state index in [0.717, 1.165) is 11.3 Å². The molecule has 20 heavy (non-hydrogen) atoms. The van der Waals surface area contributed by atoms with Crippen LogP contribution in [0.1, 0.15) is 15.9 Å². The van der Waals surface area contributed by atoms with E-state index in [9.17, 15) is 14.9 Å². The number of aryl methyl sites for hydroxylation is 1. The molecule has 0 aliphatic heterocycles. The van der Waals surface area contributed by atoms with Gasteiger partial charge in [-0.15, -0.1) is 0 Å². The Labute approximate surface area is 116 Å². The second kappa shape index (κ2) is 5.52. The molecule has 0 saturated heterocycles. The smallest absolute Gasteiger partial charge is 0.269 e. The molecule has 5 heteroatoms. The number of anilines is 1. The molecule has 0 aliphatic carbocycles. The molecule has 0 unspecified atom stereocenters. The van der Waals surface area contributed by atoms with Crippen LogP contribution in [0.2, 0.25) is 0 Å². The van der Waals surface area contributed by atoms with Crippen LogP contribution in [-0.2, 0) is 0 Å². The summed E-state index contributed by atoms with van der Waals surface area (Å²) < 4.78 is 0. The second-order valence-corrected chi connectivity index (χ2v) is 4.45. The van der Waals surface area contributed by atoms with Crippen molar-refractivity contribution in [2.24, 2.45) is 0 Å². The molecule has 1 amide bonds. The van der Waals surface area contributed by atoms with E-state index in [2.05, 4.69) is 0 Å². The zero-order valence-electron chi connectivity index (χ0n) is 11.2. The molecule has 5 nitrogen and oxygen atoms in total. The van der Waals surface area contributed by atoms with Crippen molar-refractivity contribution in [1.29, 1.82) is 0 Å². The average Bonchev–Trinajstić information content (AvgIpc) is 2.46. The fourth-order valence-electron chi connectivity index (χ4n) is 1.97. The van der Waals surface area contributed by atoms with Gasteiger partial charge in [-0.25, -0.2) is 0 Å². The summed E-state index contributed by atoms with van der Waals surface area (Å²) in [6.07, 6.45) is 0. The van der Waals surface area contributed by atoms with Crippen molar-refractivity contribution >= 4 is 17.3 Å². The molecular weight excluding hydrogens is 256 g/mol. The number of nitro groups is 1. The van der Waals surface area contributed by atoms with Crippen LogP contribution in [0.4, 0.5) is 11.4 Å². The van der Waals surface area contributed by atoms with Gasteiger partial charge in [0, 0.05) is 30.4 Å². The highest BCUT2D eigenvalue weighted by molar-refractivity contribution is 6.06. The molecule has 0 bridgehead atoms. The Morgan fingerprint density at radius 1 is 1.10 bits per heavy atom. The minimum absolute atomic E-state index is 0.0277. The predicted octanol–water partition coefficient (Wildman–Crippen LogP) is 3.18. The Bertz CT molecular complexity index is 650. The van der Waals surface area contributed by atoms with E-state index in [4.69, 9.17) is 0 Å². The zero-order chi connectivity index (χ0) is 14.7. The number of nitrogens with zero attached hydrogens (tertiary/aromatic N) is 2. The summed E-state index contributed by atoms with van der Waals surface area (Å²) in [6.45, 7) is 1.93. The highest BCUT2D eigenvalue weighted by Gasteiger charge is 2.16. The van der Waals surface area contributed by atoms with Gasteiger partial charge >= 0.3 is 0 Å². The quantitative estimate of drug-likeness (QED) is 0.635. The van der Waals surface area contributed by atoms with Gasteiger partial charge in [-0.2, -0.15) is 0 Å². The lowest BCUT2D eigenvalue weighted by Gasteiger charge is -2.19. The summed E-state index contributed by atoms with van der Waals surface area (Å²) in [5, 5.41) is 10.6. The highest BCUT2D eigenvalue weighted by atomic mass is 16.6. The molecule has 0 atom stereocenters. The predicted molar refractivity (Wildman–Crippen MR) is 77.0 cm³/mol. The fraction of sp³-hybridized carbons (Fsp3) is 0.133. The van der Waals surface area contributed by atoms with Crippen molar-refractivity contribution in [3.05, 3.63) is 69.8 Å². The summed E-state index contributed by atoms with van der Waals surface area (Å²) in [7, 11) is 1.69. The van der Waals surface area contributed by atoms with Gasteiger partial charge in [-0.3, -0.25) is 14.9 Å². The number of nitro benzene ring substituents is 1. The Morgan fingerprint density at radius 3 is 2.25 bits per heavy atom. The Balaban J connectivity index is 2.27. The molecular formula is C15H14N2O3. The van der Waals surface area contributed by atoms with Crippen LogP contribution in [0.3, 0.4) is 0 Å². The van der Waals surface area contributed by atoms with E-state index in [0.29, 0.717) is 5.56 Å². The molecule has 2 rings (SSSR count). The van der Waals surface area contributed by atoms with Gasteiger partial charge in [0.15, 0.2) is 0 Å². The Morgan fingerprint density at radius 2 is 1.70 bits per heavy atom. The van der Waals surface area contributed by atoms with E-state index >= 15 is 0 Å². The maximum absolute atomic E-state index is 12.3. The van der Waals surface area contributed by atoms with Gasteiger partial charge in [-0.05, 0) is 30.7 Å². The minimum atomic E-state index is -0.487. The van der Waals surface area contributed by atoms with Crippen molar-refractivity contribution in [3.63, 3.8) is 0 Å². The molecule has 0 aliphatic rings. The van der Waals surface area contributed by atoms with Crippen LogP contribution < -0.4 is 4.90 Å². The summed E-state index contributed by atoms with van der Waals surface area (Å²) in [5.74, 6) is -0.200. The number of hydrogen-bond donors (Lipinski definition) is 0. The van der Waals surface area contributed by atoms with Crippen molar-refractivity contribution in [1.82, 2.24) is 0 Å². The van der Waals surface area contributed by atoms with Crippen molar-refractivity contribution < 1.29 is 9.72 Å². The molecule has 0 N–H and O–H groups in total. The molecule has 0 fully saturated rings. The van der Waals surface area contributed by atoms with Gasteiger partial charge in [-0.1, -0.05) is 18.2 Å². The van der Waals surface area contributed by atoms with Gasteiger partial charge in [0.25, 0.3) is 11.6 Å². The molecule has 0 spiro atoms. The third kappa shape index (κ3) is 2.66. The van der Waals surface area contributed by atoms with Crippen molar-refractivity contribution in [2.45, 2.75) is 6.92 Å². The number of amides is 1. The van der Waals surface area contributed by atoms with E-state index in [-0.39, 0.29) is 11.6 Å². The third-order valence-corrected chi connectivity index (χ3v) is 3.11. The third-order valence-electron chi connectivity index (χ3n) is 3.11. The maximum atomic E-state index is 12.3. The van der Waals surface area contributed by atoms with E-state index in [1.807, 2.05) is 31.2 Å². The lowest BCUT2D eigenvalue weighted by atomic mass is 10.1. The van der Waals surface area contributed by atoms with Crippen LogP contribution in [0.25, 0.3) is 0 Å². The number of hydrogen-bond acceptors (Lipinski definition) is 3. The Hall–Kier alpha value is -2.69. The van der Waals surface area contributed by atoms with Crippen molar-refractivity contribution in [2.75, 3.05) is 11.9 Å². The SMILES string of the molecule is Cc1ccccc1N(C)C(=O)c1ccc([N+](=O)[O-])cc1. The molecule has 0 saturated carbocycles. The number of rotatable bonds is 3. The maximum Gasteiger partial charge on any atom is 0.269 e. The summed E-state index contributed by atoms with van der Waals surface area (Å²) in [6, 6.07) is 13.2. The van der Waals surface area contributed by atoms with Crippen LogP contribution in [0.5, 0.6) is 0 Å². The standard InChI is InChI=1S/C15H14N2O3/c1-11-5-3-4-6-14(11)16(2)15(18)12-7-9-13(10-8-12)17(19)20/h3-10H,1-2H3. The molecule has 0 radical (unpaired) electrons. The van der Waals surface area contributed by atoms with E-state index in [1.165, 1.54) is 29.2 Å². The topological polar surface area (TPSA) is 63.5 Å². The lowest BCUT2D eigenvalue weighted by molar-refractivity contribution is -0.384. The average molecular weight is 270 g/mol. The van der Waals surface area contributed by atoms with Gasteiger partial charge in [0.2, 0.25) is 0 Å². The minimum Gasteiger partial charge on any atom is -0.311 e. The number of para-hydroxylation sites is 1. The van der Waals surface area contributed by atoms with Crippen LogP contribution in [-0.4, -0.2) is 17.9 Å². The van der Waals surface area contributed by atoms with Crippen LogP contribution >= 0.6 is 0 Å². The lowest BCUT2D eigenvalue weighted by Crippen LogP contribution is -2.26. The molecule has 0 heterocycles. The van der Waals surface area contributed by atoms with Crippen molar-refractivity contribution in [3.8, 4) is 0 Å². The molecule has 102 valence electrons. The monoisotopic (exact) mass is 270 g/mol. The first-order valence-electron chi connectivity index (χ1n) is 6.09. The fourth-order valence-corrected chi connectivity index (χ4v) is 1.97. The Kier molecular flexibility index (Phi) is 3.79. The molecule has 2 aromatic rings. The first-order valence-corrected chi connectivity index (χ1v) is 6.09. The first kappa shape index (κ1) is 13.7. The number of benzene rings is 2. The van der Waals surface area contributed by atoms with E-state index in [1.54, 1.807) is 7.05 Å². The molecule has 0 aromatic heterocycles. The summed E-state index contributed by atoms with van der Waals surface area (Å²) >= 11 is 0. The number of carbonyl (C=O) groups is 1. The van der Waals surface area contributed by atoms with E-state index < -0.39 is 4.92 Å². The van der Waals surface area contributed by atoms with Gasteiger partial charge in [0.1, 0.15) is 0 Å². The van der Waals surface area contributed by atoms with Crippen LogP contribution in [0.15, 0.2) is 48.5 Å². The summed E-state index contributed by atoms with van der Waals surface area (Å²) in [5.41, 5.74) is 2.20. The van der Waals surface area contributed by atoms with Gasteiger partial charge in [0.05, 0.1) is 4.92 Å². The second-order valence-electron chi connectivity index (χ2n) is 4.45. The number of carbonyl (C=O) groups excluding carboxylic acids is 1. The van der Waals surface area contributed by atoms with Crippen LogP contribution in [0, 0.1) is 17.0 Å².